The number of benzene rings is 1. The van der Waals surface area contributed by atoms with Crippen molar-refractivity contribution in [2.24, 2.45) is 0 Å². The summed E-state index contributed by atoms with van der Waals surface area (Å²) in [6.07, 6.45) is 2.52. The van der Waals surface area contributed by atoms with Crippen LogP contribution < -0.4 is 34.5 Å². The van der Waals surface area contributed by atoms with Crippen molar-refractivity contribution in [1.82, 2.24) is 0 Å². The molecule has 0 aliphatic heterocycles. The summed E-state index contributed by atoms with van der Waals surface area (Å²) in [6, 6.07) is 9.86. The van der Waals surface area contributed by atoms with E-state index in [-0.39, 0.29) is 35.3 Å². The second-order valence-electron chi connectivity index (χ2n) is 4.29. The maximum atomic E-state index is 10.6. The van der Waals surface area contributed by atoms with Gasteiger partial charge in [0.1, 0.15) is 0 Å². The van der Waals surface area contributed by atoms with Crippen LogP contribution in [0.15, 0.2) is 30.3 Å². The minimum Gasteiger partial charge on any atom is -0.748 e. The first-order valence-electron chi connectivity index (χ1n) is 6.26. The Balaban J connectivity index is 0.00000324. The van der Waals surface area contributed by atoms with Gasteiger partial charge in [-0.1, -0.05) is 31.5 Å². The summed E-state index contributed by atoms with van der Waals surface area (Å²) in [5.41, 5.74) is 1.08. The Bertz CT molecular complexity index is 436. The summed E-state index contributed by atoms with van der Waals surface area (Å²) in [7, 11) is -4.10. The van der Waals surface area contributed by atoms with Crippen LogP contribution in [0.4, 0.5) is 5.69 Å². The van der Waals surface area contributed by atoms with E-state index in [4.69, 9.17) is 0 Å². The number of anilines is 1. The predicted molar refractivity (Wildman–Crippen MR) is 72.7 cm³/mol. The second kappa shape index (κ2) is 9.77. The van der Waals surface area contributed by atoms with Gasteiger partial charge in [0.2, 0.25) is 0 Å². The zero-order valence-corrected chi connectivity index (χ0v) is 14.5. The molecule has 0 spiro atoms. The molecule has 0 atom stereocenters. The Hall–Kier alpha value is -0.0700. The van der Waals surface area contributed by atoms with E-state index in [0.29, 0.717) is 13.0 Å². The van der Waals surface area contributed by atoms with Gasteiger partial charge in [-0.05, 0) is 25.0 Å². The summed E-state index contributed by atoms with van der Waals surface area (Å²) in [5.74, 6) is -0.289. The minimum atomic E-state index is -4.10. The molecule has 0 bridgehead atoms. The topological polar surface area (TPSA) is 60.4 Å². The molecule has 0 heterocycles. The van der Waals surface area contributed by atoms with Crippen molar-refractivity contribution in [2.45, 2.75) is 26.2 Å². The maximum Gasteiger partial charge on any atom is 1.00 e. The van der Waals surface area contributed by atoms with Crippen LogP contribution in [-0.2, 0) is 10.1 Å². The summed E-state index contributed by atoms with van der Waals surface area (Å²) >= 11 is 0. The third-order valence-electron chi connectivity index (χ3n) is 2.73. The Morgan fingerprint density at radius 2 is 1.68 bits per heavy atom. The van der Waals surface area contributed by atoms with Gasteiger partial charge in [0.25, 0.3) is 0 Å². The molecule has 4 nitrogen and oxygen atoms in total. The first-order valence-corrected chi connectivity index (χ1v) is 7.84. The molecule has 19 heavy (non-hydrogen) atoms. The van der Waals surface area contributed by atoms with Gasteiger partial charge in [0, 0.05) is 24.5 Å². The maximum absolute atomic E-state index is 10.6. The second-order valence-corrected chi connectivity index (χ2v) is 5.82. The van der Waals surface area contributed by atoms with Crippen LogP contribution in [0.5, 0.6) is 0 Å². The zero-order chi connectivity index (χ0) is 13.4. The van der Waals surface area contributed by atoms with Gasteiger partial charge in [-0.15, -0.1) is 0 Å². The average Bonchev–Trinajstić information content (AvgIpc) is 2.33. The van der Waals surface area contributed by atoms with Gasteiger partial charge in [-0.25, -0.2) is 8.42 Å². The fourth-order valence-corrected chi connectivity index (χ4v) is 2.27. The van der Waals surface area contributed by atoms with Crippen LogP contribution in [0.3, 0.4) is 0 Å². The molecule has 0 amide bonds. The summed E-state index contributed by atoms with van der Waals surface area (Å²) in [5, 5.41) is 0. The smallest absolute Gasteiger partial charge is 0.748 e. The van der Waals surface area contributed by atoms with Crippen molar-refractivity contribution in [3.05, 3.63) is 30.3 Å². The fraction of sp³-hybridized carbons (Fsp3) is 0.538. The number of para-hydroxylation sites is 1. The molecule has 1 aromatic rings. The molecule has 102 valence electrons. The van der Waals surface area contributed by atoms with Gasteiger partial charge in [0.15, 0.2) is 0 Å². The van der Waals surface area contributed by atoms with Gasteiger partial charge in [-0.3, -0.25) is 0 Å². The SMILES string of the molecule is CCCCN(CCCS(=O)(=O)[O-])c1ccccc1.[Na+]. The van der Waals surface area contributed by atoms with Crippen LogP contribution in [0, 0.1) is 0 Å². The fourth-order valence-electron chi connectivity index (χ4n) is 1.79. The number of unbranched alkanes of at least 4 members (excludes halogenated alkanes) is 1. The van der Waals surface area contributed by atoms with Crippen molar-refractivity contribution >= 4 is 15.8 Å². The molecule has 1 rings (SSSR count). The summed E-state index contributed by atoms with van der Waals surface area (Å²) in [4.78, 5) is 2.13. The third kappa shape index (κ3) is 8.65. The van der Waals surface area contributed by atoms with E-state index in [0.717, 1.165) is 25.1 Å². The van der Waals surface area contributed by atoms with Crippen LogP contribution >= 0.6 is 0 Å². The van der Waals surface area contributed by atoms with E-state index >= 15 is 0 Å². The quantitative estimate of drug-likeness (QED) is 0.467. The molecule has 0 aliphatic carbocycles. The molecular weight excluding hydrogens is 273 g/mol. The molecule has 0 saturated heterocycles. The van der Waals surface area contributed by atoms with Gasteiger partial charge in [-0.2, -0.15) is 0 Å². The van der Waals surface area contributed by atoms with Crippen molar-refractivity contribution in [1.29, 1.82) is 0 Å². The van der Waals surface area contributed by atoms with Crippen LogP contribution in [0.2, 0.25) is 0 Å². The number of nitrogens with zero attached hydrogens (tertiary/aromatic N) is 1. The standard InChI is InChI=1S/C13H21NO3S.Na/c1-2-3-10-14(11-7-12-18(15,16)17)13-8-5-4-6-9-13;/h4-6,8-9H,2-3,7,10-12H2,1H3,(H,15,16,17);/q;+1/p-1. The molecule has 1 aromatic carbocycles. The van der Waals surface area contributed by atoms with Crippen molar-refractivity contribution in [3.63, 3.8) is 0 Å². The van der Waals surface area contributed by atoms with Crippen molar-refractivity contribution < 1.29 is 42.5 Å². The molecule has 0 radical (unpaired) electrons. The van der Waals surface area contributed by atoms with Crippen LogP contribution in [0.25, 0.3) is 0 Å². The van der Waals surface area contributed by atoms with Crippen LogP contribution in [-0.4, -0.2) is 31.8 Å². The van der Waals surface area contributed by atoms with E-state index in [1.807, 2.05) is 30.3 Å². The van der Waals surface area contributed by atoms with E-state index < -0.39 is 10.1 Å². The minimum absolute atomic E-state index is 0. The number of hydrogen-bond acceptors (Lipinski definition) is 4. The van der Waals surface area contributed by atoms with Gasteiger partial charge in [0.05, 0.1) is 10.1 Å². The summed E-state index contributed by atoms with van der Waals surface area (Å²) < 4.78 is 31.8. The Labute approximate surface area is 138 Å². The molecular formula is C13H20NNaO3S. The van der Waals surface area contributed by atoms with E-state index in [2.05, 4.69) is 11.8 Å². The molecule has 0 unspecified atom stereocenters. The van der Waals surface area contributed by atoms with Gasteiger partial charge >= 0.3 is 29.6 Å². The Morgan fingerprint density at radius 3 is 2.21 bits per heavy atom. The van der Waals surface area contributed by atoms with Crippen molar-refractivity contribution in [3.8, 4) is 0 Å². The molecule has 6 heteroatoms. The molecule has 0 aromatic heterocycles. The zero-order valence-electron chi connectivity index (χ0n) is 11.7. The molecule has 0 N–H and O–H groups in total. The monoisotopic (exact) mass is 293 g/mol. The first-order chi connectivity index (χ1) is 8.53. The Kier molecular flexibility index (Phi) is 9.74. The summed E-state index contributed by atoms with van der Waals surface area (Å²) in [6.45, 7) is 3.61. The van der Waals surface area contributed by atoms with Gasteiger partial charge < -0.3 is 9.45 Å². The van der Waals surface area contributed by atoms with E-state index in [9.17, 15) is 13.0 Å². The van der Waals surface area contributed by atoms with E-state index in [1.165, 1.54) is 0 Å². The predicted octanol–water partition coefficient (Wildman–Crippen LogP) is -0.768. The third-order valence-corrected chi connectivity index (χ3v) is 3.51. The normalized spacial score (nSPS) is 10.8. The number of rotatable bonds is 8. The van der Waals surface area contributed by atoms with Crippen LogP contribution in [0.1, 0.15) is 26.2 Å². The molecule has 0 fully saturated rings. The van der Waals surface area contributed by atoms with Crippen molar-refractivity contribution in [2.75, 3.05) is 23.7 Å². The first kappa shape index (κ1) is 18.9. The Morgan fingerprint density at radius 1 is 1.11 bits per heavy atom. The average molecular weight is 293 g/mol. The molecule has 0 aliphatic rings. The number of hydrogen-bond donors (Lipinski definition) is 0. The molecule has 0 saturated carbocycles. The largest absolute Gasteiger partial charge is 1.00 e. The van der Waals surface area contributed by atoms with E-state index in [1.54, 1.807) is 0 Å².